The minimum atomic E-state index is 0.193. The fourth-order valence-electron chi connectivity index (χ4n) is 1.73. The number of nitrogens with one attached hydrogen (secondary N) is 1. The first-order valence-corrected chi connectivity index (χ1v) is 7.69. The average molecular weight is 313 g/mol. The summed E-state index contributed by atoms with van der Waals surface area (Å²) in [4.78, 5) is 19.0. The minimum Gasteiger partial charge on any atom is -0.348 e. The van der Waals surface area contributed by atoms with Crippen molar-refractivity contribution in [3.63, 3.8) is 0 Å². The number of anilines is 2. The van der Waals surface area contributed by atoms with E-state index in [-0.39, 0.29) is 5.28 Å². The molecule has 2 heterocycles. The van der Waals surface area contributed by atoms with Gasteiger partial charge in [-0.05, 0) is 32.4 Å². The van der Waals surface area contributed by atoms with Crippen molar-refractivity contribution in [1.29, 1.82) is 0 Å². The van der Waals surface area contributed by atoms with E-state index in [1.165, 1.54) is 0 Å². The van der Waals surface area contributed by atoms with Crippen LogP contribution in [0.4, 0.5) is 11.9 Å². The topological polar surface area (TPSA) is 66.8 Å². The molecule has 0 unspecified atom stereocenters. The Kier molecular flexibility index (Phi) is 5.08. The van der Waals surface area contributed by atoms with Gasteiger partial charge in [-0.1, -0.05) is 0 Å². The van der Waals surface area contributed by atoms with Crippen LogP contribution in [0.5, 0.6) is 0 Å². The molecule has 0 fully saturated rings. The highest BCUT2D eigenvalue weighted by Gasteiger charge is 2.10. The van der Waals surface area contributed by atoms with E-state index >= 15 is 0 Å². The zero-order chi connectivity index (χ0) is 14.5. The van der Waals surface area contributed by atoms with E-state index in [0.29, 0.717) is 18.4 Å². The third-order valence-corrected chi connectivity index (χ3v) is 3.73. The lowest BCUT2D eigenvalue weighted by Gasteiger charge is -2.18. The van der Waals surface area contributed by atoms with Gasteiger partial charge in [-0.25, -0.2) is 4.98 Å². The zero-order valence-electron chi connectivity index (χ0n) is 11.7. The minimum absolute atomic E-state index is 0.193. The molecule has 8 heteroatoms. The maximum atomic E-state index is 5.95. The van der Waals surface area contributed by atoms with Crippen LogP contribution in [-0.4, -0.2) is 33.0 Å². The Balaban J connectivity index is 2.11. The van der Waals surface area contributed by atoms with Gasteiger partial charge in [-0.3, -0.25) is 0 Å². The lowest BCUT2D eigenvalue weighted by Crippen LogP contribution is -2.25. The summed E-state index contributed by atoms with van der Waals surface area (Å²) in [6, 6.07) is 0. The van der Waals surface area contributed by atoms with Gasteiger partial charge in [0.15, 0.2) is 0 Å². The number of aromatic nitrogens is 4. The second-order valence-electron chi connectivity index (χ2n) is 4.11. The van der Waals surface area contributed by atoms with Crippen LogP contribution in [0.15, 0.2) is 5.38 Å². The molecule has 1 N–H and O–H groups in total. The molecular weight excluding hydrogens is 296 g/mol. The Morgan fingerprint density at radius 3 is 2.55 bits per heavy atom. The van der Waals surface area contributed by atoms with Crippen molar-refractivity contribution in [2.45, 2.75) is 27.3 Å². The first kappa shape index (κ1) is 14.9. The van der Waals surface area contributed by atoms with Crippen LogP contribution in [0.1, 0.15) is 24.5 Å². The molecule has 0 amide bonds. The third kappa shape index (κ3) is 3.77. The maximum absolute atomic E-state index is 5.95. The number of aryl methyl sites for hydroxylation is 1. The third-order valence-electron chi connectivity index (χ3n) is 2.74. The van der Waals surface area contributed by atoms with E-state index in [4.69, 9.17) is 11.6 Å². The van der Waals surface area contributed by atoms with Crippen LogP contribution in [0.3, 0.4) is 0 Å². The molecule has 0 aliphatic carbocycles. The largest absolute Gasteiger partial charge is 0.348 e. The van der Waals surface area contributed by atoms with Gasteiger partial charge in [-0.15, -0.1) is 11.3 Å². The predicted octanol–water partition coefficient (Wildman–Crippen LogP) is 2.75. The van der Waals surface area contributed by atoms with E-state index < -0.39 is 0 Å². The van der Waals surface area contributed by atoms with Gasteiger partial charge < -0.3 is 10.2 Å². The van der Waals surface area contributed by atoms with Crippen LogP contribution in [-0.2, 0) is 6.54 Å². The summed E-state index contributed by atoms with van der Waals surface area (Å²) in [5.41, 5.74) is 0.966. The maximum Gasteiger partial charge on any atom is 0.231 e. The van der Waals surface area contributed by atoms with Crippen LogP contribution in [0.2, 0.25) is 5.28 Å². The molecule has 0 saturated carbocycles. The van der Waals surface area contributed by atoms with Crippen molar-refractivity contribution in [3.8, 4) is 0 Å². The Hall–Kier alpha value is -1.47. The second kappa shape index (κ2) is 6.81. The van der Waals surface area contributed by atoms with Crippen molar-refractivity contribution in [2.24, 2.45) is 0 Å². The van der Waals surface area contributed by atoms with Crippen molar-refractivity contribution in [3.05, 3.63) is 21.4 Å². The lowest BCUT2D eigenvalue weighted by atomic mass is 10.5. The SMILES string of the molecule is CCN(CC)c1nc(Cl)nc(NCc2csc(C)n2)n1. The van der Waals surface area contributed by atoms with Gasteiger partial charge in [-0.2, -0.15) is 15.0 Å². The number of hydrogen-bond acceptors (Lipinski definition) is 7. The summed E-state index contributed by atoms with van der Waals surface area (Å²) in [6.45, 7) is 8.29. The van der Waals surface area contributed by atoms with Crippen molar-refractivity contribution in [1.82, 2.24) is 19.9 Å². The van der Waals surface area contributed by atoms with Crippen molar-refractivity contribution < 1.29 is 0 Å². The van der Waals surface area contributed by atoms with Crippen LogP contribution in [0, 0.1) is 6.92 Å². The Morgan fingerprint density at radius 2 is 1.95 bits per heavy atom. The van der Waals surface area contributed by atoms with E-state index in [1.807, 2.05) is 31.1 Å². The van der Waals surface area contributed by atoms with Crippen LogP contribution < -0.4 is 10.2 Å². The number of thiazole rings is 1. The summed E-state index contributed by atoms with van der Waals surface area (Å²) < 4.78 is 0. The summed E-state index contributed by atoms with van der Waals surface area (Å²) in [6.07, 6.45) is 0. The highest BCUT2D eigenvalue weighted by molar-refractivity contribution is 7.09. The lowest BCUT2D eigenvalue weighted by molar-refractivity contribution is 0.810. The molecule has 108 valence electrons. The molecule has 0 aliphatic heterocycles. The fraction of sp³-hybridized carbons (Fsp3) is 0.500. The molecule has 0 aliphatic rings. The van der Waals surface area contributed by atoms with E-state index in [9.17, 15) is 0 Å². The van der Waals surface area contributed by atoms with Crippen LogP contribution in [0.25, 0.3) is 0 Å². The van der Waals surface area contributed by atoms with Crippen LogP contribution >= 0.6 is 22.9 Å². The monoisotopic (exact) mass is 312 g/mol. The molecule has 0 saturated heterocycles. The Bertz CT molecular complexity index is 569. The van der Waals surface area contributed by atoms with Crippen molar-refractivity contribution >= 4 is 34.8 Å². The molecule has 2 aromatic heterocycles. The molecule has 2 aromatic rings. The molecule has 0 radical (unpaired) electrons. The fourth-order valence-corrected chi connectivity index (χ4v) is 2.49. The number of halogens is 1. The molecule has 6 nitrogen and oxygen atoms in total. The predicted molar refractivity (Wildman–Crippen MR) is 82.6 cm³/mol. The zero-order valence-corrected chi connectivity index (χ0v) is 13.3. The number of nitrogens with zero attached hydrogens (tertiary/aromatic N) is 5. The molecule has 0 spiro atoms. The molecule has 2 rings (SSSR count). The standard InChI is InChI=1S/C12H17ClN6S/c1-4-19(5-2)12-17-10(13)16-11(18-12)14-6-9-7-20-8(3)15-9/h7H,4-6H2,1-3H3,(H,14,16,17,18). The van der Waals surface area contributed by atoms with Gasteiger partial charge in [0.05, 0.1) is 17.2 Å². The number of rotatable bonds is 6. The average Bonchev–Trinajstić information content (AvgIpc) is 2.83. The van der Waals surface area contributed by atoms with E-state index in [1.54, 1.807) is 11.3 Å². The van der Waals surface area contributed by atoms with Gasteiger partial charge >= 0.3 is 0 Å². The molecule has 0 aromatic carbocycles. The van der Waals surface area contributed by atoms with E-state index in [2.05, 4.69) is 25.3 Å². The smallest absolute Gasteiger partial charge is 0.231 e. The highest BCUT2D eigenvalue weighted by Crippen LogP contribution is 2.15. The highest BCUT2D eigenvalue weighted by atomic mass is 35.5. The van der Waals surface area contributed by atoms with Gasteiger partial charge in [0, 0.05) is 18.5 Å². The van der Waals surface area contributed by atoms with Gasteiger partial charge in [0.25, 0.3) is 0 Å². The summed E-state index contributed by atoms with van der Waals surface area (Å²) in [5.74, 6) is 1.06. The molecule has 0 bridgehead atoms. The van der Waals surface area contributed by atoms with Gasteiger partial charge in [0.2, 0.25) is 17.2 Å². The normalized spacial score (nSPS) is 10.6. The summed E-state index contributed by atoms with van der Waals surface area (Å²) in [7, 11) is 0. The molecule has 0 atom stereocenters. The van der Waals surface area contributed by atoms with E-state index in [0.717, 1.165) is 23.8 Å². The quantitative estimate of drug-likeness (QED) is 0.884. The van der Waals surface area contributed by atoms with Crippen molar-refractivity contribution in [2.75, 3.05) is 23.3 Å². The molecular formula is C12H17ClN6S. The Labute approximate surface area is 127 Å². The first-order chi connectivity index (χ1) is 9.62. The summed E-state index contributed by atoms with van der Waals surface area (Å²) in [5, 5.41) is 6.37. The number of hydrogen-bond donors (Lipinski definition) is 1. The Morgan fingerprint density at radius 1 is 1.20 bits per heavy atom. The second-order valence-corrected chi connectivity index (χ2v) is 5.51. The van der Waals surface area contributed by atoms with Gasteiger partial charge in [0.1, 0.15) is 0 Å². The summed E-state index contributed by atoms with van der Waals surface area (Å²) >= 11 is 7.57. The first-order valence-electron chi connectivity index (χ1n) is 6.43. The molecule has 20 heavy (non-hydrogen) atoms.